The van der Waals surface area contributed by atoms with E-state index in [9.17, 15) is 0 Å². The van der Waals surface area contributed by atoms with Crippen molar-refractivity contribution in [3.05, 3.63) is 36.5 Å². The Morgan fingerprint density at radius 3 is 2.56 bits per heavy atom. The molecule has 1 heterocycles. The molecule has 0 aliphatic carbocycles. The van der Waals surface area contributed by atoms with Gasteiger partial charge in [-0.2, -0.15) is 0 Å². The summed E-state index contributed by atoms with van der Waals surface area (Å²) in [6, 6.07) is 10.3. The van der Waals surface area contributed by atoms with E-state index in [1.807, 2.05) is 24.4 Å². The lowest BCUT2D eigenvalue weighted by Gasteiger charge is -2.12. The van der Waals surface area contributed by atoms with Crippen LogP contribution in [0.15, 0.2) is 36.5 Å². The highest BCUT2D eigenvalue weighted by Gasteiger charge is 2.00. The topological polar surface area (TPSA) is 28.2 Å². The van der Waals surface area contributed by atoms with Crippen LogP contribution in [0, 0.1) is 0 Å². The van der Waals surface area contributed by atoms with Gasteiger partial charge in [0.2, 0.25) is 0 Å². The van der Waals surface area contributed by atoms with E-state index in [-0.39, 0.29) is 34.0 Å². The van der Waals surface area contributed by atoms with Gasteiger partial charge in [-0.05, 0) is 25.5 Å². The van der Waals surface area contributed by atoms with E-state index in [4.69, 9.17) is 0 Å². The summed E-state index contributed by atoms with van der Waals surface area (Å²) < 4.78 is 0. The Bertz CT molecular complexity index is 469. The summed E-state index contributed by atoms with van der Waals surface area (Å²) in [5.41, 5.74) is 0. The fourth-order valence-electron chi connectivity index (χ4n) is 1.66. The van der Waals surface area contributed by atoms with E-state index < -0.39 is 0 Å². The average Bonchev–Trinajstić information content (AvgIpc) is 2.29. The van der Waals surface area contributed by atoms with Gasteiger partial charge in [0.25, 0.3) is 0 Å². The number of likely N-dealkylation sites (N-methyl/N-ethyl adjacent to an activating group) is 1. The molecule has 1 aromatic carbocycles. The highest BCUT2D eigenvalue weighted by atomic mass is 79.9. The van der Waals surface area contributed by atoms with Crippen LogP contribution in [0.25, 0.3) is 10.8 Å². The fourth-order valence-corrected chi connectivity index (χ4v) is 1.66. The number of halogens is 2. The first kappa shape index (κ1) is 17.4. The second kappa shape index (κ2) is 8.45. The van der Waals surface area contributed by atoms with Gasteiger partial charge >= 0.3 is 0 Å². The van der Waals surface area contributed by atoms with Gasteiger partial charge < -0.3 is 10.2 Å². The van der Waals surface area contributed by atoms with Gasteiger partial charge in [0.05, 0.1) is 0 Å². The monoisotopic (exact) mass is 375 g/mol. The summed E-state index contributed by atoms with van der Waals surface area (Å²) in [7, 11) is 4.14. The zero-order chi connectivity index (χ0) is 11.4. The number of anilines is 1. The third kappa shape index (κ3) is 4.55. The molecule has 1 aromatic heterocycles. The van der Waals surface area contributed by atoms with Crippen LogP contribution < -0.4 is 5.32 Å². The number of benzene rings is 1. The maximum absolute atomic E-state index is 4.37. The lowest BCUT2D eigenvalue weighted by Crippen LogP contribution is -2.21. The Kier molecular flexibility index (Phi) is 8.15. The largest absolute Gasteiger partial charge is 0.368 e. The molecule has 100 valence electrons. The highest BCUT2D eigenvalue weighted by molar-refractivity contribution is 8.93. The average molecular weight is 377 g/mol. The van der Waals surface area contributed by atoms with Crippen molar-refractivity contribution in [3.63, 3.8) is 0 Å². The molecular formula is C13H19Br2N3. The first-order valence-electron chi connectivity index (χ1n) is 5.50. The molecule has 0 amide bonds. The minimum absolute atomic E-state index is 0. The van der Waals surface area contributed by atoms with Gasteiger partial charge in [-0.3, -0.25) is 0 Å². The maximum Gasteiger partial charge on any atom is 0.133 e. The lowest BCUT2D eigenvalue weighted by molar-refractivity contribution is 0.425. The van der Waals surface area contributed by atoms with Gasteiger partial charge in [0.15, 0.2) is 0 Å². The number of nitrogens with one attached hydrogen (secondary N) is 1. The molecule has 2 rings (SSSR count). The number of fused-ring (bicyclic) bond motifs is 1. The summed E-state index contributed by atoms with van der Waals surface area (Å²) in [4.78, 5) is 6.53. The quantitative estimate of drug-likeness (QED) is 0.886. The minimum atomic E-state index is 0. The van der Waals surface area contributed by atoms with Crippen LogP contribution >= 0.6 is 34.0 Å². The third-order valence-electron chi connectivity index (χ3n) is 2.53. The molecule has 18 heavy (non-hydrogen) atoms. The highest BCUT2D eigenvalue weighted by Crippen LogP contribution is 2.19. The second-order valence-corrected chi connectivity index (χ2v) is 4.11. The van der Waals surface area contributed by atoms with Crippen molar-refractivity contribution in [3.8, 4) is 0 Å². The third-order valence-corrected chi connectivity index (χ3v) is 2.53. The number of rotatable bonds is 4. The van der Waals surface area contributed by atoms with Crippen LogP contribution in [-0.4, -0.2) is 37.1 Å². The second-order valence-electron chi connectivity index (χ2n) is 4.11. The minimum Gasteiger partial charge on any atom is -0.368 e. The molecule has 5 heteroatoms. The van der Waals surface area contributed by atoms with E-state index in [0.29, 0.717) is 0 Å². The Balaban J connectivity index is 0.00000144. The molecule has 0 saturated heterocycles. The van der Waals surface area contributed by atoms with Crippen molar-refractivity contribution in [2.75, 3.05) is 32.5 Å². The summed E-state index contributed by atoms with van der Waals surface area (Å²) in [5, 5.41) is 5.78. The van der Waals surface area contributed by atoms with E-state index in [0.717, 1.165) is 18.9 Å². The number of nitrogens with zero attached hydrogens (tertiary/aromatic N) is 2. The molecule has 0 atom stereocenters. The Morgan fingerprint density at radius 2 is 1.83 bits per heavy atom. The molecule has 0 spiro atoms. The van der Waals surface area contributed by atoms with Crippen LogP contribution in [-0.2, 0) is 0 Å². The van der Waals surface area contributed by atoms with E-state index in [2.05, 4.69) is 41.4 Å². The molecule has 0 aliphatic rings. The first-order valence-corrected chi connectivity index (χ1v) is 5.50. The Hall–Kier alpha value is -0.650. The SMILES string of the molecule is Br.Br.CN(C)CCNc1nccc2ccccc12. The summed E-state index contributed by atoms with van der Waals surface area (Å²) in [6.45, 7) is 1.92. The molecule has 2 aromatic rings. The predicted molar refractivity (Wildman–Crippen MR) is 89.4 cm³/mol. The molecule has 0 unspecified atom stereocenters. The number of pyridine rings is 1. The smallest absolute Gasteiger partial charge is 0.133 e. The van der Waals surface area contributed by atoms with E-state index in [1.54, 1.807) is 0 Å². The molecule has 0 fully saturated rings. The molecule has 0 saturated carbocycles. The number of hydrogen-bond acceptors (Lipinski definition) is 3. The van der Waals surface area contributed by atoms with Crippen LogP contribution in [0.2, 0.25) is 0 Å². The number of hydrogen-bond donors (Lipinski definition) is 1. The van der Waals surface area contributed by atoms with Crippen LogP contribution in [0.1, 0.15) is 0 Å². The molecule has 0 aliphatic heterocycles. The van der Waals surface area contributed by atoms with Gasteiger partial charge in [-0.15, -0.1) is 34.0 Å². The summed E-state index contributed by atoms with van der Waals surface area (Å²) in [5.74, 6) is 0.972. The van der Waals surface area contributed by atoms with Crippen LogP contribution in [0.5, 0.6) is 0 Å². The van der Waals surface area contributed by atoms with Gasteiger partial charge in [-0.1, -0.05) is 24.3 Å². The molecule has 3 nitrogen and oxygen atoms in total. The summed E-state index contributed by atoms with van der Waals surface area (Å²) in [6.07, 6.45) is 1.85. The van der Waals surface area contributed by atoms with Crippen molar-refractivity contribution in [1.82, 2.24) is 9.88 Å². The van der Waals surface area contributed by atoms with E-state index >= 15 is 0 Å². The Labute approximate surface area is 129 Å². The summed E-state index contributed by atoms with van der Waals surface area (Å²) >= 11 is 0. The first-order chi connectivity index (χ1) is 7.77. The van der Waals surface area contributed by atoms with Crippen molar-refractivity contribution in [2.24, 2.45) is 0 Å². The van der Waals surface area contributed by atoms with Crippen LogP contribution in [0.4, 0.5) is 5.82 Å². The van der Waals surface area contributed by atoms with Gasteiger partial charge in [0.1, 0.15) is 5.82 Å². The lowest BCUT2D eigenvalue weighted by atomic mass is 10.1. The zero-order valence-corrected chi connectivity index (χ0v) is 14.0. The van der Waals surface area contributed by atoms with Crippen molar-refractivity contribution in [1.29, 1.82) is 0 Å². The van der Waals surface area contributed by atoms with E-state index in [1.165, 1.54) is 10.8 Å². The van der Waals surface area contributed by atoms with Crippen molar-refractivity contribution >= 4 is 50.6 Å². The zero-order valence-electron chi connectivity index (χ0n) is 10.6. The molecule has 1 N–H and O–H groups in total. The van der Waals surface area contributed by atoms with Crippen LogP contribution in [0.3, 0.4) is 0 Å². The molecular weight excluding hydrogens is 358 g/mol. The standard InChI is InChI=1S/C13H17N3.2BrH/c1-16(2)10-9-15-13-12-6-4-3-5-11(12)7-8-14-13;;/h3-8H,9-10H2,1-2H3,(H,14,15);2*1H. The Morgan fingerprint density at radius 1 is 1.11 bits per heavy atom. The maximum atomic E-state index is 4.37. The predicted octanol–water partition coefficient (Wildman–Crippen LogP) is 3.36. The van der Waals surface area contributed by atoms with Crippen molar-refractivity contribution in [2.45, 2.75) is 0 Å². The van der Waals surface area contributed by atoms with Gasteiger partial charge in [0, 0.05) is 24.7 Å². The normalized spacial score (nSPS) is 9.72. The molecule has 0 bridgehead atoms. The van der Waals surface area contributed by atoms with Crippen molar-refractivity contribution < 1.29 is 0 Å². The molecule has 0 radical (unpaired) electrons. The fraction of sp³-hybridized carbons (Fsp3) is 0.308. The number of aromatic nitrogens is 1. The van der Waals surface area contributed by atoms with Gasteiger partial charge in [-0.25, -0.2) is 4.98 Å².